The Bertz CT molecular complexity index is 924. The molecule has 0 spiro atoms. The molecule has 0 radical (unpaired) electrons. The van der Waals surface area contributed by atoms with Gasteiger partial charge in [0.15, 0.2) is 11.5 Å². The zero-order valence-corrected chi connectivity index (χ0v) is 13.5. The summed E-state index contributed by atoms with van der Waals surface area (Å²) in [4.78, 5) is 12.5. The van der Waals surface area contributed by atoms with Gasteiger partial charge in [0.25, 0.3) is 5.91 Å². The van der Waals surface area contributed by atoms with Crippen LogP contribution in [0.25, 0.3) is 5.69 Å². The summed E-state index contributed by atoms with van der Waals surface area (Å²) in [5, 5.41) is 14.0. The lowest BCUT2D eigenvalue weighted by atomic mass is 10.1. The fourth-order valence-electron chi connectivity index (χ4n) is 2.65. The molecule has 8 heteroatoms. The lowest BCUT2D eigenvalue weighted by molar-refractivity contribution is 0.102. The molecule has 0 unspecified atom stereocenters. The highest BCUT2D eigenvalue weighted by molar-refractivity contribution is 6.04. The first kappa shape index (κ1) is 15.1. The van der Waals surface area contributed by atoms with Crippen LogP contribution < -0.4 is 14.8 Å². The summed E-state index contributed by atoms with van der Waals surface area (Å²) in [7, 11) is 0. The molecule has 0 aliphatic carbocycles. The van der Waals surface area contributed by atoms with E-state index in [0.29, 0.717) is 36.0 Å². The van der Waals surface area contributed by atoms with Gasteiger partial charge in [0.1, 0.15) is 19.5 Å². The highest BCUT2D eigenvalue weighted by atomic mass is 16.6. The molecule has 1 amide bonds. The third-order valence-electron chi connectivity index (χ3n) is 3.85. The van der Waals surface area contributed by atoms with E-state index in [1.807, 2.05) is 13.0 Å². The number of rotatable bonds is 3. The van der Waals surface area contributed by atoms with E-state index in [1.165, 1.54) is 6.33 Å². The fraction of sp³-hybridized carbons (Fsp3) is 0.176. The van der Waals surface area contributed by atoms with Crippen LogP contribution in [0.2, 0.25) is 0 Å². The number of nitrogens with zero attached hydrogens (tertiary/aromatic N) is 4. The molecule has 1 aliphatic heterocycles. The van der Waals surface area contributed by atoms with Gasteiger partial charge in [-0.05, 0) is 53.2 Å². The number of tetrazole rings is 1. The molecule has 0 fully saturated rings. The molecule has 0 atom stereocenters. The average Bonchev–Trinajstić information content (AvgIpc) is 3.16. The van der Waals surface area contributed by atoms with Crippen molar-refractivity contribution in [1.82, 2.24) is 20.2 Å². The van der Waals surface area contributed by atoms with E-state index < -0.39 is 0 Å². The zero-order chi connectivity index (χ0) is 17.2. The molecule has 2 aromatic carbocycles. The molecule has 0 saturated carbocycles. The number of hydrogen-bond donors (Lipinski definition) is 1. The second-order valence-corrected chi connectivity index (χ2v) is 5.57. The molecule has 25 heavy (non-hydrogen) atoms. The van der Waals surface area contributed by atoms with Crippen LogP contribution in [0.4, 0.5) is 5.69 Å². The predicted octanol–water partition coefficient (Wildman–Crippen LogP) is 1.99. The van der Waals surface area contributed by atoms with Crippen LogP contribution in [0, 0.1) is 6.92 Å². The second-order valence-electron chi connectivity index (χ2n) is 5.57. The van der Waals surface area contributed by atoms with Crippen molar-refractivity contribution in [2.24, 2.45) is 0 Å². The van der Waals surface area contributed by atoms with Gasteiger partial charge in [-0.15, -0.1) is 5.10 Å². The number of aryl methyl sites for hydroxylation is 1. The molecule has 1 aromatic heterocycles. The van der Waals surface area contributed by atoms with E-state index >= 15 is 0 Å². The first-order valence-corrected chi connectivity index (χ1v) is 7.76. The Hall–Kier alpha value is -3.42. The van der Waals surface area contributed by atoms with Crippen LogP contribution in [-0.4, -0.2) is 39.3 Å². The number of anilines is 1. The Labute approximate surface area is 143 Å². The van der Waals surface area contributed by atoms with Gasteiger partial charge < -0.3 is 14.8 Å². The number of carbonyl (C=O) groups is 1. The van der Waals surface area contributed by atoms with Crippen molar-refractivity contribution >= 4 is 11.6 Å². The Morgan fingerprint density at radius 1 is 1.12 bits per heavy atom. The monoisotopic (exact) mass is 337 g/mol. The summed E-state index contributed by atoms with van der Waals surface area (Å²) in [5.41, 5.74) is 2.91. The SMILES string of the molecule is Cc1cc(C(=O)Nc2ccc3c(c2)OCCO3)ccc1-n1cnnn1. The maximum Gasteiger partial charge on any atom is 0.255 e. The summed E-state index contributed by atoms with van der Waals surface area (Å²) in [5.74, 6) is 1.11. The van der Waals surface area contributed by atoms with E-state index in [2.05, 4.69) is 20.8 Å². The van der Waals surface area contributed by atoms with E-state index in [1.54, 1.807) is 35.0 Å². The number of ether oxygens (including phenoxy) is 2. The normalized spacial score (nSPS) is 12.7. The molecule has 0 saturated heterocycles. The van der Waals surface area contributed by atoms with Crippen LogP contribution in [0.15, 0.2) is 42.7 Å². The number of benzene rings is 2. The summed E-state index contributed by atoms with van der Waals surface area (Å²) in [6.45, 7) is 2.94. The summed E-state index contributed by atoms with van der Waals surface area (Å²) in [6, 6.07) is 10.7. The number of fused-ring (bicyclic) bond motifs is 1. The highest BCUT2D eigenvalue weighted by Crippen LogP contribution is 2.32. The first-order valence-electron chi connectivity index (χ1n) is 7.76. The van der Waals surface area contributed by atoms with E-state index in [0.717, 1.165) is 11.3 Å². The van der Waals surface area contributed by atoms with Gasteiger partial charge in [0.2, 0.25) is 0 Å². The van der Waals surface area contributed by atoms with Crippen LogP contribution in [0.5, 0.6) is 11.5 Å². The zero-order valence-electron chi connectivity index (χ0n) is 13.5. The maximum atomic E-state index is 12.5. The molecule has 3 aromatic rings. The largest absolute Gasteiger partial charge is 0.486 e. The maximum absolute atomic E-state index is 12.5. The van der Waals surface area contributed by atoms with Gasteiger partial charge in [0, 0.05) is 17.3 Å². The van der Waals surface area contributed by atoms with Gasteiger partial charge in [-0.2, -0.15) is 0 Å². The number of carbonyl (C=O) groups excluding carboxylic acids is 1. The highest BCUT2D eigenvalue weighted by Gasteiger charge is 2.14. The van der Waals surface area contributed by atoms with E-state index in [-0.39, 0.29) is 5.91 Å². The summed E-state index contributed by atoms with van der Waals surface area (Å²) >= 11 is 0. The Morgan fingerprint density at radius 2 is 1.96 bits per heavy atom. The minimum Gasteiger partial charge on any atom is -0.486 e. The Balaban J connectivity index is 1.54. The second kappa shape index (κ2) is 6.23. The summed E-state index contributed by atoms with van der Waals surface area (Å²) < 4.78 is 12.6. The van der Waals surface area contributed by atoms with Crippen molar-refractivity contribution in [2.45, 2.75) is 6.92 Å². The predicted molar refractivity (Wildman–Crippen MR) is 89.3 cm³/mol. The van der Waals surface area contributed by atoms with Gasteiger partial charge in [-0.3, -0.25) is 4.79 Å². The Morgan fingerprint density at radius 3 is 2.72 bits per heavy atom. The quantitative estimate of drug-likeness (QED) is 0.786. The molecule has 8 nitrogen and oxygen atoms in total. The minimum absolute atomic E-state index is 0.206. The molecular weight excluding hydrogens is 322 g/mol. The van der Waals surface area contributed by atoms with Crippen LogP contribution in [-0.2, 0) is 0 Å². The van der Waals surface area contributed by atoms with Gasteiger partial charge in [0.05, 0.1) is 5.69 Å². The fourth-order valence-corrected chi connectivity index (χ4v) is 2.65. The van der Waals surface area contributed by atoms with Gasteiger partial charge >= 0.3 is 0 Å². The van der Waals surface area contributed by atoms with Gasteiger partial charge in [-0.25, -0.2) is 4.68 Å². The Kier molecular flexibility index (Phi) is 3.77. The van der Waals surface area contributed by atoms with Crippen molar-refractivity contribution in [3.8, 4) is 17.2 Å². The number of amides is 1. The van der Waals surface area contributed by atoms with Crippen molar-refractivity contribution in [3.05, 3.63) is 53.9 Å². The molecular formula is C17H15N5O3. The molecule has 4 rings (SSSR count). The molecule has 126 valence electrons. The van der Waals surface area contributed by atoms with Crippen molar-refractivity contribution in [3.63, 3.8) is 0 Å². The molecule has 2 heterocycles. The third kappa shape index (κ3) is 3.01. The van der Waals surface area contributed by atoms with Crippen molar-refractivity contribution in [1.29, 1.82) is 0 Å². The smallest absolute Gasteiger partial charge is 0.255 e. The van der Waals surface area contributed by atoms with Crippen molar-refractivity contribution in [2.75, 3.05) is 18.5 Å². The number of aromatic nitrogens is 4. The number of nitrogens with one attached hydrogen (secondary N) is 1. The molecule has 0 bridgehead atoms. The lowest BCUT2D eigenvalue weighted by Crippen LogP contribution is -2.16. The first-order chi connectivity index (χ1) is 12.2. The van der Waals surface area contributed by atoms with Crippen LogP contribution in [0.1, 0.15) is 15.9 Å². The topological polar surface area (TPSA) is 91.2 Å². The van der Waals surface area contributed by atoms with Crippen LogP contribution >= 0.6 is 0 Å². The van der Waals surface area contributed by atoms with Crippen molar-refractivity contribution < 1.29 is 14.3 Å². The minimum atomic E-state index is -0.206. The summed E-state index contributed by atoms with van der Waals surface area (Å²) in [6.07, 6.45) is 1.51. The molecule has 1 aliphatic rings. The average molecular weight is 337 g/mol. The lowest BCUT2D eigenvalue weighted by Gasteiger charge is -2.19. The standard InChI is InChI=1S/C17H15N5O3/c1-11-8-12(2-4-14(11)22-10-18-20-21-22)17(23)19-13-3-5-15-16(9-13)25-7-6-24-15/h2-5,8-10H,6-7H2,1H3,(H,19,23). The van der Waals surface area contributed by atoms with E-state index in [4.69, 9.17) is 9.47 Å². The van der Waals surface area contributed by atoms with Crippen LogP contribution in [0.3, 0.4) is 0 Å². The van der Waals surface area contributed by atoms with Gasteiger partial charge in [-0.1, -0.05) is 0 Å². The number of hydrogen-bond acceptors (Lipinski definition) is 6. The molecule has 1 N–H and O–H groups in total. The van der Waals surface area contributed by atoms with E-state index in [9.17, 15) is 4.79 Å². The third-order valence-corrected chi connectivity index (χ3v) is 3.85.